The molecule has 2 aromatic heterocycles. The fourth-order valence-electron chi connectivity index (χ4n) is 3.97. The van der Waals surface area contributed by atoms with Crippen molar-refractivity contribution >= 4 is 17.5 Å². The number of hydrogen-bond acceptors (Lipinski definition) is 4. The fraction of sp³-hybridized carbons (Fsp3) is 0.333. The maximum Gasteiger partial charge on any atom is 0.417 e. The van der Waals surface area contributed by atoms with Crippen LogP contribution in [0.3, 0.4) is 0 Å². The zero-order chi connectivity index (χ0) is 24.5. The maximum absolute atomic E-state index is 12.8. The van der Waals surface area contributed by atoms with Crippen LogP contribution in [0.1, 0.15) is 40.9 Å². The van der Waals surface area contributed by atoms with Crippen molar-refractivity contribution in [2.45, 2.75) is 45.8 Å². The predicted molar refractivity (Wildman–Crippen MR) is 119 cm³/mol. The van der Waals surface area contributed by atoms with Crippen molar-refractivity contribution in [3.63, 3.8) is 0 Å². The van der Waals surface area contributed by atoms with Gasteiger partial charge in [-0.3, -0.25) is 9.59 Å². The highest BCUT2D eigenvalue weighted by molar-refractivity contribution is 5.95. The molecule has 0 bridgehead atoms. The number of anilines is 1. The van der Waals surface area contributed by atoms with E-state index in [2.05, 4.69) is 15.4 Å². The molecule has 1 aromatic carbocycles. The normalized spacial score (nSPS) is 14.0. The van der Waals surface area contributed by atoms with E-state index in [4.69, 9.17) is 0 Å². The van der Waals surface area contributed by atoms with Crippen molar-refractivity contribution in [1.82, 2.24) is 20.1 Å². The number of carbonyl (C=O) groups is 2. The Kier molecular flexibility index (Phi) is 6.41. The SMILES string of the molecule is Cc1nn(-c2ccc(C(F)(F)F)cn2)c(C)c1CC(=O)NCc1ccc(N2CCCC2=O)cc1. The summed E-state index contributed by atoms with van der Waals surface area (Å²) in [7, 11) is 0. The zero-order valence-corrected chi connectivity index (χ0v) is 18.8. The van der Waals surface area contributed by atoms with Gasteiger partial charge in [0.15, 0.2) is 5.82 Å². The number of halogens is 3. The van der Waals surface area contributed by atoms with Crippen molar-refractivity contribution < 1.29 is 22.8 Å². The van der Waals surface area contributed by atoms with E-state index in [0.29, 0.717) is 29.9 Å². The van der Waals surface area contributed by atoms with Crippen molar-refractivity contribution in [2.24, 2.45) is 0 Å². The lowest BCUT2D eigenvalue weighted by Gasteiger charge is -2.16. The van der Waals surface area contributed by atoms with Gasteiger partial charge in [-0.15, -0.1) is 0 Å². The average Bonchev–Trinajstić information content (AvgIpc) is 3.35. The zero-order valence-electron chi connectivity index (χ0n) is 18.8. The summed E-state index contributed by atoms with van der Waals surface area (Å²) in [6.07, 6.45) is -2.18. The summed E-state index contributed by atoms with van der Waals surface area (Å²) in [5.74, 6) is 0.167. The summed E-state index contributed by atoms with van der Waals surface area (Å²) in [6, 6.07) is 9.72. The molecule has 0 radical (unpaired) electrons. The third-order valence-corrected chi connectivity index (χ3v) is 5.88. The molecule has 1 saturated heterocycles. The van der Waals surface area contributed by atoms with Crippen molar-refractivity contribution in [3.8, 4) is 5.82 Å². The van der Waals surface area contributed by atoms with E-state index in [1.54, 1.807) is 18.7 Å². The Balaban J connectivity index is 1.39. The van der Waals surface area contributed by atoms with Crippen LogP contribution < -0.4 is 10.2 Å². The maximum atomic E-state index is 12.8. The van der Waals surface area contributed by atoms with Crippen LogP contribution in [-0.4, -0.2) is 33.1 Å². The molecule has 34 heavy (non-hydrogen) atoms. The van der Waals surface area contributed by atoms with Crippen molar-refractivity contribution in [2.75, 3.05) is 11.4 Å². The van der Waals surface area contributed by atoms with Gasteiger partial charge in [-0.25, -0.2) is 9.67 Å². The summed E-state index contributed by atoms with van der Waals surface area (Å²) in [4.78, 5) is 30.1. The monoisotopic (exact) mass is 471 g/mol. The van der Waals surface area contributed by atoms with E-state index in [0.717, 1.165) is 36.5 Å². The van der Waals surface area contributed by atoms with Gasteiger partial charge in [0.2, 0.25) is 11.8 Å². The molecule has 2 amide bonds. The number of alkyl halides is 3. The van der Waals surface area contributed by atoms with Crippen molar-refractivity contribution in [3.05, 3.63) is 70.7 Å². The van der Waals surface area contributed by atoms with Gasteiger partial charge in [-0.1, -0.05) is 12.1 Å². The van der Waals surface area contributed by atoms with E-state index < -0.39 is 11.7 Å². The van der Waals surface area contributed by atoms with E-state index in [1.807, 2.05) is 24.3 Å². The van der Waals surface area contributed by atoms with Crippen LogP contribution in [0.5, 0.6) is 0 Å². The van der Waals surface area contributed by atoms with Crippen LogP contribution in [0.4, 0.5) is 18.9 Å². The minimum atomic E-state index is -4.46. The second-order valence-electron chi connectivity index (χ2n) is 8.23. The molecule has 4 rings (SSSR count). The van der Waals surface area contributed by atoms with Crippen LogP contribution in [0.25, 0.3) is 5.82 Å². The second kappa shape index (κ2) is 9.28. The number of pyridine rings is 1. The lowest BCUT2D eigenvalue weighted by Crippen LogP contribution is -2.25. The van der Waals surface area contributed by atoms with Gasteiger partial charge in [0.05, 0.1) is 17.7 Å². The summed E-state index contributed by atoms with van der Waals surface area (Å²) < 4.78 is 39.8. The first-order valence-electron chi connectivity index (χ1n) is 10.9. The Morgan fingerprint density at radius 2 is 1.85 bits per heavy atom. The van der Waals surface area contributed by atoms with E-state index in [-0.39, 0.29) is 24.1 Å². The highest BCUT2D eigenvalue weighted by atomic mass is 19.4. The van der Waals surface area contributed by atoms with E-state index >= 15 is 0 Å². The highest BCUT2D eigenvalue weighted by Gasteiger charge is 2.31. The number of rotatable bonds is 6. The smallest absolute Gasteiger partial charge is 0.352 e. The molecule has 0 aliphatic carbocycles. The number of aromatic nitrogens is 3. The topological polar surface area (TPSA) is 80.1 Å². The van der Waals surface area contributed by atoms with Crippen LogP contribution in [0.2, 0.25) is 0 Å². The molecule has 0 saturated carbocycles. The van der Waals surface area contributed by atoms with Crippen LogP contribution in [0.15, 0.2) is 42.6 Å². The molecule has 0 spiro atoms. The first-order valence-corrected chi connectivity index (χ1v) is 10.9. The summed E-state index contributed by atoms with van der Waals surface area (Å²) in [5, 5.41) is 7.23. The number of nitrogens with one attached hydrogen (secondary N) is 1. The van der Waals surface area contributed by atoms with Crippen LogP contribution in [-0.2, 0) is 28.7 Å². The summed E-state index contributed by atoms with van der Waals surface area (Å²) in [6.45, 7) is 4.55. The van der Waals surface area contributed by atoms with Gasteiger partial charge in [0.1, 0.15) is 0 Å². The summed E-state index contributed by atoms with van der Waals surface area (Å²) >= 11 is 0. The van der Waals surface area contributed by atoms with Gasteiger partial charge in [0.25, 0.3) is 0 Å². The molecule has 7 nitrogen and oxygen atoms in total. The van der Waals surface area contributed by atoms with Crippen molar-refractivity contribution in [1.29, 1.82) is 0 Å². The third-order valence-electron chi connectivity index (χ3n) is 5.88. The number of benzene rings is 1. The molecule has 178 valence electrons. The number of amides is 2. The Morgan fingerprint density at radius 3 is 2.44 bits per heavy atom. The van der Waals surface area contributed by atoms with Crippen LogP contribution >= 0.6 is 0 Å². The molecule has 0 unspecified atom stereocenters. The molecule has 3 aromatic rings. The van der Waals surface area contributed by atoms with Gasteiger partial charge in [-0.05, 0) is 50.1 Å². The minimum Gasteiger partial charge on any atom is -0.352 e. The molecule has 1 aliphatic rings. The van der Waals surface area contributed by atoms with Gasteiger partial charge in [-0.2, -0.15) is 18.3 Å². The first kappa shape index (κ1) is 23.5. The second-order valence-corrected chi connectivity index (χ2v) is 8.23. The Morgan fingerprint density at radius 1 is 1.12 bits per heavy atom. The van der Waals surface area contributed by atoms with Gasteiger partial charge in [0, 0.05) is 42.7 Å². The molecule has 3 heterocycles. The molecule has 1 fully saturated rings. The molecule has 1 N–H and O–H groups in total. The lowest BCUT2D eigenvalue weighted by atomic mass is 10.1. The van der Waals surface area contributed by atoms with Crippen LogP contribution in [0, 0.1) is 13.8 Å². The van der Waals surface area contributed by atoms with E-state index in [1.165, 1.54) is 10.7 Å². The predicted octanol–water partition coefficient (Wildman–Crippen LogP) is 3.89. The standard InChI is InChI=1S/C24H24F3N5O2/c1-15-20(16(2)32(30-15)21-10-7-18(14-28-21)24(25,26)27)12-22(33)29-13-17-5-8-19(9-6-17)31-11-3-4-23(31)34/h5-10,14H,3-4,11-13H2,1-2H3,(H,29,33). The third kappa shape index (κ3) is 4.95. The molecule has 10 heteroatoms. The molecule has 0 atom stereocenters. The number of aryl methyl sites for hydroxylation is 1. The largest absolute Gasteiger partial charge is 0.417 e. The first-order chi connectivity index (χ1) is 16.1. The Bertz CT molecular complexity index is 1200. The number of carbonyl (C=O) groups excluding carboxylic acids is 2. The minimum absolute atomic E-state index is 0.0820. The van der Waals surface area contributed by atoms with Gasteiger partial charge < -0.3 is 10.2 Å². The highest BCUT2D eigenvalue weighted by Crippen LogP contribution is 2.29. The molecule has 1 aliphatic heterocycles. The molecular weight excluding hydrogens is 447 g/mol. The Hall–Kier alpha value is -3.69. The number of hydrogen-bond donors (Lipinski definition) is 1. The lowest BCUT2D eigenvalue weighted by molar-refractivity contribution is -0.137. The average molecular weight is 471 g/mol. The fourth-order valence-corrected chi connectivity index (χ4v) is 3.97. The molecular formula is C24H24F3N5O2. The summed E-state index contributed by atoms with van der Waals surface area (Å²) in [5.41, 5.74) is 2.86. The van der Waals surface area contributed by atoms with Gasteiger partial charge >= 0.3 is 6.18 Å². The number of nitrogens with zero attached hydrogens (tertiary/aromatic N) is 4. The Labute approximate surface area is 194 Å². The quantitative estimate of drug-likeness (QED) is 0.592. The van der Waals surface area contributed by atoms with E-state index in [9.17, 15) is 22.8 Å².